The molecule has 0 atom stereocenters. The number of hydrogen-bond donors (Lipinski definition) is 2. The van der Waals surface area contributed by atoms with Crippen LogP contribution in [0.3, 0.4) is 0 Å². The first-order chi connectivity index (χ1) is 13.8. The number of ether oxygens (including phenoxy) is 1. The van der Waals surface area contributed by atoms with E-state index in [0.717, 1.165) is 41.6 Å². The molecule has 0 unspecified atom stereocenters. The molecule has 2 aromatic heterocycles. The van der Waals surface area contributed by atoms with Crippen molar-refractivity contribution in [2.45, 2.75) is 19.6 Å². The number of aromatic nitrogens is 2. The van der Waals surface area contributed by atoms with Gasteiger partial charge in [-0.3, -0.25) is 15.0 Å². The fraction of sp³-hybridized carbons (Fsp3) is 0.227. The maximum atomic E-state index is 5.76. The number of hydrogen-bond acceptors (Lipinski definition) is 4. The largest absolute Gasteiger partial charge is 0.487 e. The number of pyridine rings is 2. The van der Waals surface area contributed by atoms with Gasteiger partial charge in [-0.1, -0.05) is 24.3 Å². The summed E-state index contributed by atoms with van der Waals surface area (Å²) in [5.41, 5.74) is 3.12. The molecule has 0 aliphatic carbocycles. The Hall–Kier alpha value is -3.41. The molecule has 0 bridgehead atoms. The molecule has 0 aliphatic rings. The van der Waals surface area contributed by atoms with E-state index in [1.54, 1.807) is 13.2 Å². The molecule has 6 nitrogen and oxygen atoms in total. The van der Waals surface area contributed by atoms with Crippen molar-refractivity contribution in [1.82, 2.24) is 20.6 Å². The highest BCUT2D eigenvalue weighted by molar-refractivity contribution is 5.79. The summed E-state index contributed by atoms with van der Waals surface area (Å²) in [6.45, 7) is 1.92. The van der Waals surface area contributed by atoms with E-state index in [9.17, 15) is 0 Å². The Morgan fingerprint density at radius 3 is 2.25 bits per heavy atom. The van der Waals surface area contributed by atoms with Crippen LogP contribution in [-0.4, -0.2) is 29.5 Å². The number of nitrogens with zero attached hydrogens (tertiary/aromatic N) is 3. The predicted molar refractivity (Wildman–Crippen MR) is 111 cm³/mol. The van der Waals surface area contributed by atoms with Crippen molar-refractivity contribution in [3.8, 4) is 5.75 Å². The third-order valence-electron chi connectivity index (χ3n) is 4.12. The smallest absolute Gasteiger partial charge is 0.191 e. The van der Waals surface area contributed by atoms with Crippen LogP contribution < -0.4 is 15.4 Å². The fourth-order valence-electron chi connectivity index (χ4n) is 2.61. The molecule has 28 heavy (non-hydrogen) atoms. The van der Waals surface area contributed by atoms with Crippen LogP contribution >= 0.6 is 0 Å². The maximum absolute atomic E-state index is 5.76. The van der Waals surface area contributed by atoms with E-state index in [1.165, 1.54) is 0 Å². The van der Waals surface area contributed by atoms with Gasteiger partial charge in [-0.25, -0.2) is 0 Å². The number of aliphatic imine (C=N–C) groups is 1. The SMILES string of the molecule is CN=C(NCCc1ccccn1)NCc1ccc(OCc2ccccn2)cc1. The Kier molecular flexibility index (Phi) is 7.37. The van der Waals surface area contributed by atoms with Crippen LogP contribution in [-0.2, 0) is 19.6 Å². The van der Waals surface area contributed by atoms with E-state index in [0.29, 0.717) is 13.2 Å². The van der Waals surface area contributed by atoms with Gasteiger partial charge in [0, 0.05) is 44.6 Å². The Morgan fingerprint density at radius 1 is 0.893 bits per heavy atom. The topological polar surface area (TPSA) is 71.4 Å². The zero-order valence-electron chi connectivity index (χ0n) is 16.0. The van der Waals surface area contributed by atoms with Gasteiger partial charge in [0.25, 0.3) is 0 Å². The molecule has 0 radical (unpaired) electrons. The van der Waals surface area contributed by atoms with Crippen LogP contribution in [0, 0.1) is 0 Å². The molecule has 0 amide bonds. The minimum atomic E-state index is 0.464. The second-order valence-electron chi connectivity index (χ2n) is 6.18. The number of nitrogens with one attached hydrogen (secondary N) is 2. The summed E-state index contributed by atoms with van der Waals surface area (Å²) >= 11 is 0. The lowest BCUT2D eigenvalue weighted by Crippen LogP contribution is -2.37. The van der Waals surface area contributed by atoms with Crippen LogP contribution in [0.1, 0.15) is 17.0 Å². The van der Waals surface area contributed by atoms with Gasteiger partial charge >= 0.3 is 0 Å². The molecule has 0 saturated heterocycles. The lowest BCUT2D eigenvalue weighted by molar-refractivity contribution is 0.301. The summed E-state index contributed by atoms with van der Waals surface area (Å²) in [5.74, 6) is 1.60. The van der Waals surface area contributed by atoms with Crippen LogP contribution in [0.15, 0.2) is 78.0 Å². The molecule has 3 aromatic rings. The fourth-order valence-corrected chi connectivity index (χ4v) is 2.61. The molecule has 2 N–H and O–H groups in total. The first kappa shape index (κ1) is 19.4. The van der Waals surface area contributed by atoms with E-state index in [1.807, 2.05) is 66.9 Å². The zero-order valence-corrected chi connectivity index (χ0v) is 16.0. The number of rotatable bonds is 8. The van der Waals surface area contributed by atoms with E-state index < -0.39 is 0 Å². The average Bonchev–Trinajstić information content (AvgIpc) is 2.77. The van der Waals surface area contributed by atoms with Gasteiger partial charge in [-0.2, -0.15) is 0 Å². The summed E-state index contributed by atoms with van der Waals surface area (Å²) in [4.78, 5) is 12.8. The predicted octanol–water partition coefficient (Wildman–Crippen LogP) is 2.96. The Balaban J connectivity index is 1.40. The second-order valence-corrected chi connectivity index (χ2v) is 6.18. The van der Waals surface area contributed by atoms with Crippen molar-refractivity contribution in [1.29, 1.82) is 0 Å². The number of benzene rings is 1. The number of guanidine groups is 1. The van der Waals surface area contributed by atoms with Crippen LogP contribution in [0.25, 0.3) is 0 Å². The highest BCUT2D eigenvalue weighted by Gasteiger charge is 2.01. The molecular weight excluding hydrogens is 350 g/mol. The van der Waals surface area contributed by atoms with Gasteiger partial charge < -0.3 is 15.4 Å². The van der Waals surface area contributed by atoms with Gasteiger partial charge in [-0.15, -0.1) is 0 Å². The second kappa shape index (κ2) is 10.7. The maximum Gasteiger partial charge on any atom is 0.191 e. The lowest BCUT2D eigenvalue weighted by atomic mass is 10.2. The molecule has 0 spiro atoms. The summed E-state index contributed by atoms with van der Waals surface area (Å²) in [6, 6.07) is 19.8. The summed E-state index contributed by atoms with van der Waals surface area (Å²) < 4.78 is 5.76. The van der Waals surface area contributed by atoms with Gasteiger partial charge in [0.1, 0.15) is 12.4 Å². The molecule has 0 fully saturated rings. The van der Waals surface area contributed by atoms with Crippen LogP contribution in [0.4, 0.5) is 0 Å². The lowest BCUT2D eigenvalue weighted by Gasteiger charge is -2.12. The van der Waals surface area contributed by atoms with Crippen LogP contribution in [0.2, 0.25) is 0 Å². The van der Waals surface area contributed by atoms with Gasteiger partial charge in [-0.05, 0) is 42.0 Å². The van der Waals surface area contributed by atoms with Gasteiger partial charge in [0.05, 0.1) is 5.69 Å². The molecule has 0 aliphatic heterocycles. The molecule has 6 heteroatoms. The van der Waals surface area contributed by atoms with Gasteiger partial charge in [0.2, 0.25) is 0 Å². The summed E-state index contributed by atoms with van der Waals surface area (Å²) in [7, 11) is 1.77. The van der Waals surface area contributed by atoms with E-state index in [2.05, 4.69) is 25.6 Å². The first-order valence-electron chi connectivity index (χ1n) is 9.29. The standard InChI is InChI=1S/C22H25N5O/c1-23-22(26-15-12-19-6-2-4-13-24-19)27-16-18-8-10-21(11-9-18)28-17-20-7-3-5-14-25-20/h2-11,13-14H,12,15-17H2,1H3,(H2,23,26,27). The van der Waals surface area contributed by atoms with E-state index >= 15 is 0 Å². The highest BCUT2D eigenvalue weighted by atomic mass is 16.5. The molecule has 2 heterocycles. The minimum absolute atomic E-state index is 0.464. The summed E-state index contributed by atoms with van der Waals surface area (Å²) in [5, 5.41) is 6.62. The zero-order chi connectivity index (χ0) is 19.4. The molecule has 1 aromatic carbocycles. The van der Waals surface area contributed by atoms with Crippen molar-refractivity contribution >= 4 is 5.96 Å². The van der Waals surface area contributed by atoms with Crippen LogP contribution in [0.5, 0.6) is 5.75 Å². The van der Waals surface area contributed by atoms with Crippen molar-refractivity contribution in [3.63, 3.8) is 0 Å². The summed E-state index contributed by atoms with van der Waals surface area (Å²) in [6.07, 6.45) is 4.43. The molecule has 144 valence electrons. The minimum Gasteiger partial charge on any atom is -0.487 e. The third kappa shape index (κ3) is 6.39. The Bertz CT molecular complexity index is 851. The molecular formula is C22H25N5O. The van der Waals surface area contributed by atoms with E-state index in [4.69, 9.17) is 4.74 Å². The van der Waals surface area contributed by atoms with Crippen molar-refractivity contribution < 1.29 is 4.74 Å². The van der Waals surface area contributed by atoms with Crippen molar-refractivity contribution in [2.24, 2.45) is 4.99 Å². The average molecular weight is 375 g/mol. The third-order valence-corrected chi connectivity index (χ3v) is 4.12. The highest BCUT2D eigenvalue weighted by Crippen LogP contribution is 2.13. The van der Waals surface area contributed by atoms with Crippen molar-refractivity contribution in [3.05, 3.63) is 90.0 Å². The van der Waals surface area contributed by atoms with Gasteiger partial charge in [0.15, 0.2) is 5.96 Å². The normalized spacial score (nSPS) is 11.1. The quantitative estimate of drug-likeness (QED) is 0.468. The first-order valence-corrected chi connectivity index (χ1v) is 9.29. The molecule has 0 saturated carbocycles. The monoisotopic (exact) mass is 375 g/mol. The Labute approximate surface area is 165 Å². The Morgan fingerprint density at radius 2 is 1.61 bits per heavy atom. The molecule has 3 rings (SSSR count). The van der Waals surface area contributed by atoms with Crippen molar-refractivity contribution in [2.75, 3.05) is 13.6 Å². The van der Waals surface area contributed by atoms with E-state index in [-0.39, 0.29) is 0 Å².